The van der Waals surface area contributed by atoms with Crippen LogP contribution in [0.4, 0.5) is 0 Å². The van der Waals surface area contributed by atoms with Crippen molar-refractivity contribution in [3.8, 4) is 0 Å². The lowest BCUT2D eigenvalue weighted by Gasteiger charge is -2.23. The zero-order valence-corrected chi connectivity index (χ0v) is 12.7. The normalized spacial score (nSPS) is 12.7. The minimum atomic E-state index is -3.89. The first-order chi connectivity index (χ1) is 8.03. The van der Waals surface area contributed by atoms with Crippen molar-refractivity contribution in [2.75, 3.05) is 0 Å². The number of hydrogen-bond acceptors (Lipinski definition) is 4. The Morgan fingerprint density at radius 3 is 2.44 bits per heavy atom. The lowest BCUT2D eigenvalue weighted by molar-refractivity contribution is -0.138. The molecule has 0 fully saturated rings. The number of rotatable bonds is 5. The summed E-state index contributed by atoms with van der Waals surface area (Å²) in [5.74, 6) is -1.10. The third kappa shape index (κ3) is 4.10. The number of carboxylic acid groups (broad SMARTS) is 1. The van der Waals surface area contributed by atoms with Gasteiger partial charge in [0.15, 0.2) is 0 Å². The predicted octanol–water partition coefficient (Wildman–Crippen LogP) is 2.59. The molecular formula is C9H11Cl2NO4S2. The number of carboxylic acids is 1. The van der Waals surface area contributed by atoms with Crippen LogP contribution >= 0.6 is 34.5 Å². The summed E-state index contributed by atoms with van der Waals surface area (Å²) < 4.78 is 26.6. The molecule has 0 aliphatic heterocycles. The van der Waals surface area contributed by atoms with E-state index in [0.717, 1.165) is 11.3 Å². The van der Waals surface area contributed by atoms with Crippen molar-refractivity contribution in [1.29, 1.82) is 0 Å². The van der Waals surface area contributed by atoms with Crippen LogP contribution in [0.5, 0.6) is 0 Å². The summed E-state index contributed by atoms with van der Waals surface area (Å²) in [7, 11) is -3.89. The summed E-state index contributed by atoms with van der Waals surface area (Å²) in [5, 5.41) is 8.70. The molecule has 102 valence electrons. The van der Waals surface area contributed by atoms with Gasteiger partial charge in [-0.05, 0) is 19.9 Å². The molecule has 5 nitrogen and oxygen atoms in total. The van der Waals surface area contributed by atoms with Gasteiger partial charge >= 0.3 is 5.97 Å². The molecule has 1 aromatic rings. The summed E-state index contributed by atoms with van der Waals surface area (Å²) in [6.45, 7) is 2.95. The van der Waals surface area contributed by atoms with Crippen molar-refractivity contribution < 1.29 is 18.3 Å². The van der Waals surface area contributed by atoms with Crippen LogP contribution in [-0.4, -0.2) is 25.0 Å². The zero-order valence-electron chi connectivity index (χ0n) is 9.53. The number of halogens is 2. The van der Waals surface area contributed by atoms with Crippen molar-refractivity contribution in [1.82, 2.24) is 4.72 Å². The van der Waals surface area contributed by atoms with Crippen LogP contribution in [0, 0.1) is 0 Å². The Kier molecular flexibility index (Phi) is 4.66. The van der Waals surface area contributed by atoms with Gasteiger partial charge in [0.05, 0.1) is 10.8 Å². The van der Waals surface area contributed by atoms with E-state index in [1.807, 2.05) is 0 Å². The summed E-state index contributed by atoms with van der Waals surface area (Å²) in [5.41, 5.74) is -1.12. The highest BCUT2D eigenvalue weighted by atomic mass is 35.5. The molecule has 0 saturated heterocycles. The number of nitrogens with one attached hydrogen (secondary N) is 1. The summed E-state index contributed by atoms with van der Waals surface area (Å²) in [4.78, 5) is 10.5. The largest absolute Gasteiger partial charge is 0.481 e. The minimum absolute atomic E-state index is 0.0404. The van der Waals surface area contributed by atoms with Crippen LogP contribution in [0.2, 0.25) is 8.67 Å². The second kappa shape index (κ2) is 5.34. The lowest BCUT2D eigenvalue weighted by atomic mass is 10.0. The summed E-state index contributed by atoms with van der Waals surface area (Å²) >= 11 is 12.4. The Balaban J connectivity index is 3.02. The summed E-state index contributed by atoms with van der Waals surface area (Å²) in [6.07, 6.45) is -0.346. The zero-order chi connectivity index (χ0) is 14.1. The number of carbonyl (C=O) groups is 1. The maximum atomic E-state index is 12.0. The fraction of sp³-hybridized carbons (Fsp3) is 0.444. The van der Waals surface area contributed by atoms with Gasteiger partial charge in [0, 0.05) is 5.54 Å². The van der Waals surface area contributed by atoms with E-state index < -0.39 is 21.5 Å². The number of thiophene rings is 1. The van der Waals surface area contributed by atoms with Crippen molar-refractivity contribution in [3.63, 3.8) is 0 Å². The molecule has 0 saturated carbocycles. The highest BCUT2D eigenvalue weighted by molar-refractivity contribution is 7.89. The molecule has 0 bridgehead atoms. The van der Waals surface area contributed by atoms with Gasteiger partial charge in [-0.1, -0.05) is 23.2 Å². The Morgan fingerprint density at radius 1 is 1.50 bits per heavy atom. The van der Waals surface area contributed by atoms with Gasteiger partial charge in [-0.15, -0.1) is 11.3 Å². The van der Waals surface area contributed by atoms with Gasteiger partial charge in [0.2, 0.25) is 10.0 Å². The van der Waals surface area contributed by atoms with Crippen LogP contribution in [0.3, 0.4) is 0 Å². The maximum Gasteiger partial charge on any atom is 0.305 e. The first-order valence-corrected chi connectivity index (χ1v) is 7.80. The number of sulfonamides is 1. The Bertz CT molecular complexity index is 565. The Labute approximate surface area is 119 Å². The van der Waals surface area contributed by atoms with Gasteiger partial charge < -0.3 is 5.11 Å². The van der Waals surface area contributed by atoms with Gasteiger partial charge in [0.1, 0.15) is 9.23 Å². The van der Waals surface area contributed by atoms with E-state index in [2.05, 4.69) is 4.72 Å². The third-order valence-electron chi connectivity index (χ3n) is 1.92. The fourth-order valence-corrected chi connectivity index (χ4v) is 4.90. The van der Waals surface area contributed by atoms with E-state index >= 15 is 0 Å². The number of hydrogen-bond donors (Lipinski definition) is 2. The highest BCUT2D eigenvalue weighted by Gasteiger charge is 2.30. The molecule has 0 radical (unpaired) electrons. The number of aliphatic carboxylic acids is 1. The molecule has 0 aromatic carbocycles. The van der Waals surface area contributed by atoms with Crippen molar-refractivity contribution in [2.24, 2.45) is 0 Å². The van der Waals surface area contributed by atoms with E-state index in [4.69, 9.17) is 28.3 Å². The minimum Gasteiger partial charge on any atom is -0.481 e. The first kappa shape index (κ1) is 15.7. The molecule has 2 N–H and O–H groups in total. The molecule has 1 heterocycles. The molecule has 18 heavy (non-hydrogen) atoms. The molecule has 0 atom stereocenters. The van der Waals surface area contributed by atoms with E-state index in [1.54, 1.807) is 0 Å². The second-order valence-electron chi connectivity index (χ2n) is 4.25. The quantitative estimate of drug-likeness (QED) is 0.868. The van der Waals surface area contributed by atoms with E-state index in [9.17, 15) is 13.2 Å². The molecule has 0 aliphatic carbocycles. The van der Waals surface area contributed by atoms with Crippen LogP contribution < -0.4 is 4.72 Å². The molecule has 1 aromatic heterocycles. The van der Waals surface area contributed by atoms with Gasteiger partial charge in [-0.25, -0.2) is 13.1 Å². The third-order valence-corrected chi connectivity index (χ3v) is 5.37. The molecule has 0 amide bonds. The maximum absolute atomic E-state index is 12.0. The van der Waals surface area contributed by atoms with Crippen molar-refractivity contribution in [2.45, 2.75) is 30.7 Å². The Hall–Kier alpha value is -0.340. The van der Waals surface area contributed by atoms with E-state index in [-0.39, 0.29) is 20.0 Å². The van der Waals surface area contributed by atoms with Gasteiger partial charge in [0.25, 0.3) is 0 Å². The molecule has 1 rings (SSSR count). The van der Waals surface area contributed by atoms with Crippen molar-refractivity contribution in [3.05, 3.63) is 14.7 Å². The average Bonchev–Trinajstić information content (AvgIpc) is 2.40. The van der Waals surface area contributed by atoms with E-state index in [0.29, 0.717) is 0 Å². The lowest BCUT2D eigenvalue weighted by Crippen LogP contribution is -2.44. The fourth-order valence-electron chi connectivity index (χ4n) is 1.34. The monoisotopic (exact) mass is 331 g/mol. The average molecular weight is 332 g/mol. The smallest absolute Gasteiger partial charge is 0.305 e. The molecule has 0 aliphatic rings. The van der Waals surface area contributed by atoms with Crippen LogP contribution in [-0.2, 0) is 14.8 Å². The topological polar surface area (TPSA) is 83.5 Å². The van der Waals surface area contributed by atoms with Gasteiger partial charge in [-0.2, -0.15) is 0 Å². The molecule has 0 unspecified atom stereocenters. The second-order valence-corrected chi connectivity index (χ2v) is 8.18. The first-order valence-electron chi connectivity index (χ1n) is 4.74. The molecule has 0 spiro atoms. The molecule has 9 heteroatoms. The highest BCUT2D eigenvalue weighted by Crippen LogP contribution is 2.34. The van der Waals surface area contributed by atoms with Crippen LogP contribution in [0.1, 0.15) is 20.3 Å². The SMILES string of the molecule is CC(C)(CC(=O)O)NS(=O)(=O)c1cc(Cl)sc1Cl. The van der Waals surface area contributed by atoms with Crippen LogP contribution in [0.25, 0.3) is 0 Å². The van der Waals surface area contributed by atoms with E-state index in [1.165, 1.54) is 19.9 Å². The van der Waals surface area contributed by atoms with Crippen LogP contribution in [0.15, 0.2) is 11.0 Å². The van der Waals surface area contributed by atoms with Gasteiger partial charge in [-0.3, -0.25) is 4.79 Å². The predicted molar refractivity (Wildman–Crippen MR) is 71.0 cm³/mol. The van der Waals surface area contributed by atoms with Crippen molar-refractivity contribution >= 4 is 50.5 Å². The summed E-state index contributed by atoms with van der Waals surface area (Å²) in [6, 6.07) is 1.23. The standard InChI is InChI=1S/C9H11Cl2NO4S2/c1-9(2,4-7(13)14)12-18(15,16)5-3-6(10)17-8(5)11/h3,12H,4H2,1-2H3,(H,13,14). The molecular weight excluding hydrogens is 321 g/mol. The Morgan fingerprint density at radius 2 is 2.06 bits per heavy atom.